The van der Waals surface area contributed by atoms with Gasteiger partial charge in [0.05, 0.1) is 7.11 Å². The standard InChI is InChI=1S/C16H22N2O3/c1-20-14-4-2-3-5-15(14)21-12-16(19)18-10-8-17(9-11-18)13-6-7-13/h2-5,13H,6-12H2,1H3. The summed E-state index contributed by atoms with van der Waals surface area (Å²) in [7, 11) is 1.60. The van der Waals surface area contributed by atoms with E-state index < -0.39 is 0 Å². The maximum Gasteiger partial charge on any atom is 0.260 e. The maximum atomic E-state index is 12.2. The molecule has 0 unspecified atom stereocenters. The van der Waals surface area contributed by atoms with Crippen LogP contribution >= 0.6 is 0 Å². The second kappa shape index (κ2) is 6.35. The minimum absolute atomic E-state index is 0.0522. The van der Waals surface area contributed by atoms with Gasteiger partial charge in [0.2, 0.25) is 0 Å². The lowest BCUT2D eigenvalue weighted by molar-refractivity contribution is -0.135. The summed E-state index contributed by atoms with van der Waals surface area (Å²) in [5.74, 6) is 1.32. The molecule has 1 heterocycles. The lowest BCUT2D eigenvalue weighted by Crippen LogP contribution is -2.50. The highest BCUT2D eigenvalue weighted by Gasteiger charge is 2.32. The molecular weight excluding hydrogens is 268 g/mol. The SMILES string of the molecule is COc1ccccc1OCC(=O)N1CCN(C2CC2)CC1. The second-order valence-electron chi connectivity index (χ2n) is 5.59. The summed E-state index contributed by atoms with van der Waals surface area (Å²) in [5.41, 5.74) is 0. The number of carbonyl (C=O) groups is 1. The van der Waals surface area contributed by atoms with Crippen molar-refractivity contribution in [2.75, 3.05) is 39.9 Å². The van der Waals surface area contributed by atoms with Crippen LogP contribution in [0.3, 0.4) is 0 Å². The molecule has 0 atom stereocenters. The van der Waals surface area contributed by atoms with Gasteiger partial charge in [-0.2, -0.15) is 0 Å². The maximum absolute atomic E-state index is 12.2. The molecule has 21 heavy (non-hydrogen) atoms. The average molecular weight is 290 g/mol. The number of hydrogen-bond acceptors (Lipinski definition) is 4. The van der Waals surface area contributed by atoms with Crippen LogP contribution in [0.2, 0.25) is 0 Å². The first-order chi connectivity index (χ1) is 10.3. The van der Waals surface area contributed by atoms with Gasteiger partial charge in [-0.3, -0.25) is 9.69 Å². The number of methoxy groups -OCH3 is 1. The molecule has 0 spiro atoms. The van der Waals surface area contributed by atoms with E-state index in [9.17, 15) is 4.79 Å². The summed E-state index contributed by atoms with van der Waals surface area (Å²) in [6.07, 6.45) is 2.65. The summed E-state index contributed by atoms with van der Waals surface area (Å²) in [4.78, 5) is 16.6. The summed E-state index contributed by atoms with van der Waals surface area (Å²) >= 11 is 0. The van der Waals surface area contributed by atoms with E-state index in [4.69, 9.17) is 9.47 Å². The molecule has 2 fully saturated rings. The summed E-state index contributed by atoms with van der Waals surface area (Å²) < 4.78 is 10.8. The third-order valence-electron chi connectivity index (χ3n) is 4.15. The minimum Gasteiger partial charge on any atom is -0.493 e. The zero-order valence-corrected chi connectivity index (χ0v) is 12.5. The van der Waals surface area contributed by atoms with Crippen LogP contribution in [0.1, 0.15) is 12.8 Å². The van der Waals surface area contributed by atoms with E-state index in [2.05, 4.69) is 4.90 Å². The highest BCUT2D eigenvalue weighted by Crippen LogP contribution is 2.28. The van der Waals surface area contributed by atoms with Crippen LogP contribution in [0.25, 0.3) is 0 Å². The molecule has 1 aromatic rings. The Hall–Kier alpha value is -1.75. The molecule has 1 aliphatic carbocycles. The Balaban J connectivity index is 1.48. The Kier molecular flexibility index (Phi) is 4.29. The van der Waals surface area contributed by atoms with Gasteiger partial charge in [0.25, 0.3) is 5.91 Å². The van der Waals surface area contributed by atoms with E-state index in [0.29, 0.717) is 11.5 Å². The second-order valence-corrected chi connectivity index (χ2v) is 5.59. The molecule has 0 bridgehead atoms. The van der Waals surface area contributed by atoms with Gasteiger partial charge in [-0.1, -0.05) is 12.1 Å². The van der Waals surface area contributed by atoms with Crippen molar-refractivity contribution >= 4 is 5.91 Å². The monoisotopic (exact) mass is 290 g/mol. The topological polar surface area (TPSA) is 42.0 Å². The van der Waals surface area contributed by atoms with E-state index in [-0.39, 0.29) is 12.5 Å². The Morgan fingerprint density at radius 3 is 2.43 bits per heavy atom. The van der Waals surface area contributed by atoms with Gasteiger partial charge in [-0.15, -0.1) is 0 Å². The average Bonchev–Trinajstić information content (AvgIpc) is 3.38. The van der Waals surface area contributed by atoms with Crippen molar-refractivity contribution in [3.05, 3.63) is 24.3 Å². The van der Waals surface area contributed by atoms with Crippen molar-refractivity contribution in [3.63, 3.8) is 0 Å². The van der Waals surface area contributed by atoms with E-state index in [1.807, 2.05) is 29.2 Å². The van der Waals surface area contributed by atoms with Crippen molar-refractivity contribution in [3.8, 4) is 11.5 Å². The van der Waals surface area contributed by atoms with Crippen LogP contribution in [0.4, 0.5) is 0 Å². The molecule has 1 amide bonds. The van der Waals surface area contributed by atoms with E-state index >= 15 is 0 Å². The van der Waals surface area contributed by atoms with Crippen molar-refractivity contribution in [1.29, 1.82) is 0 Å². The molecule has 2 aliphatic rings. The Bertz CT molecular complexity index is 494. The third kappa shape index (κ3) is 3.47. The van der Waals surface area contributed by atoms with E-state index in [0.717, 1.165) is 32.2 Å². The zero-order chi connectivity index (χ0) is 14.7. The molecule has 1 aromatic carbocycles. The van der Waals surface area contributed by atoms with Crippen LogP contribution in [0.15, 0.2) is 24.3 Å². The first kappa shape index (κ1) is 14.2. The number of para-hydroxylation sites is 2. The molecule has 1 saturated heterocycles. The normalized spacial score (nSPS) is 19.4. The number of ether oxygens (including phenoxy) is 2. The molecule has 0 aromatic heterocycles. The summed E-state index contributed by atoms with van der Waals surface area (Å²) in [5, 5.41) is 0. The first-order valence-corrected chi connectivity index (χ1v) is 7.55. The number of carbonyl (C=O) groups excluding carboxylic acids is 1. The molecule has 114 valence electrons. The van der Waals surface area contributed by atoms with Gasteiger partial charge in [-0.25, -0.2) is 0 Å². The van der Waals surface area contributed by atoms with Crippen LogP contribution in [0.5, 0.6) is 11.5 Å². The number of nitrogens with zero attached hydrogens (tertiary/aromatic N) is 2. The highest BCUT2D eigenvalue weighted by molar-refractivity contribution is 5.78. The molecule has 5 nitrogen and oxygen atoms in total. The van der Waals surface area contributed by atoms with Gasteiger partial charge in [0.1, 0.15) is 0 Å². The predicted molar refractivity (Wildman–Crippen MR) is 79.7 cm³/mol. The molecule has 5 heteroatoms. The van der Waals surface area contributed by atoms with Crippen LogP contribution in [-0.4, -0.2) is 61.6 Å². The van der Waals surface area contributed by atoms with Crippen molar-refractivity contribution < 1.29 is 14.3 Å². The van der Waals surface area contributed by atoms with Crippen LogP contribution < -0.4 is 9.47 Å². The summed E-state index contributed by atoms with van der Waals surface area (Å²) in [6.45, 7) is 3.68. The lowest BCUT2D eigenvalue weighted by atomic mass is 10.3. The van der Waals surface area contributed by atoms with E-state index in [1.165, 1.54) is 12.8 Å². The van der Waals surface area contributed by atoms with Gasteiger partial charge in [0.15, 0.2) is 18.1 Å². The first-order valence-electron chi connectivity index (χ1n) is 7.55. The number of amides is 1. The van der Waals surface area contributed by atoms with E-state index in [1.54, 1.807) is 7.11 Å². The molecule has 0 N–H and O–H groups in total. The summed E-state index contributed by atoms with van der Waals surface area (Å²) in [6, 6.07) is 8.18. The third-order valence-corrected chi connectivity index (χ3v) is 4.15. The fourth-order valence-corrected chi connectivity index (χ4v) is 2.74. The largest absolute Gasteiger partial charge is 0.493 e. The lowest BCUT2D eigenvalue weighted by Gasteiger charge is -2.34. The quantitative estimate of drug-likeness (QED) is 0.821. The number of hydrogen-bond donors (Lipinski definition) is 0. The van der Waals surface area contributed by atoms with Crippen molar-refractivity contribution in [2.45, 2.75) is 18.9 Å². The fourth-order valence-electron chi connectivity index (χ4n) is 2.74. The van der Waals surface area contributed by atoms with Crippen LogP contribution in [-0.2, 0) is 4.79 Å². The van der Waals surface area contributed by atoms with Gasteiger partial charge in [0, 0.05) is 32.2 Å². The molecule has 3 rings (SSSR count). The highest BCUT2D eigenvalue weighted by atomic mass is 16.5. The van der Waals surface area contributed by atoms with Crippen LogP contribution in [0, 0.1) is 0 Å². The minimum atomic E-state index is 0.0522. The fraction of sp³-hybridized carbons (Fsp3) is 0.562. The van der Waals surface area contributed by atoms with Crippen molar-refractivity contribution in [2.24, 2.45) is 0 Å². The number of benzene rings is 1. The number of rotatable bonds is 5. The molecule has 1 saturated carbocycles. The van der Waals surface area contributed by atoms with Crippen molar-refractivity contribution in [1.82, 2.24) is 9.80 Å². The smallest absolute Gasteiger partial charge is 0.260 e. The Morgan fingerprint density at radius 1 is 1.14 bits per heavy atom. The zero-order valence-electron chi connectivity index (χ0n) is 12.5. The van der Waals surface area contributed by atoms with Gasteiger partial charge >= 0.3 is 0 Å². The Morgan fingerprint density at radius 2 is 1.81 bits per heavy atom. The predicted octanol–water partition coefficient (Wildman–Crippen LogP) is 1.38. The molecular formula is C16H22N2O3. The molecule has 1 aliphatic heterocycles. The van der Waals surface area contributed by atoms with Gasteiger partial charge < -0.3 is 14.4 Å². The molecule has 0 radical (unpaired) electrons. The van der Waals surface area contributed by atoms with Gasteiger partial charge in [-0.05, 0) is 25.0 Å². The Labute approximate surface area is 125 Å². The number of piperazine rings is 1.